The fraction of sp³-hybridized carbons (Fsp3) is 0.188. The topological polar surface area (TPSA) is 51.5 Å². The van der Waals surface area contributed by atoms with E-state index in [1.165, 1.54) is 0 Å². The van der Waals surface area contributed by atoms with Crippen LogP contribution in [0.5, 0.6) is 17.2 Å². The molecular weight excluding hydrogens is 334 g/mol. The normalized spacial score (nSPS) is 9.81. The van der Waals surface area contributed by atoms with E-state index in [0.717, 1.165) is 10.0 Å². The first-order valence-electron chi connectivity index (χ1n) is 6.21. The first-order valence-corrected chi connectivity index (χ1v) is 7.00. The summed E-state index contributed by atoms with van der Waals surface area (Å²) in [4.78, 5) is 0. The Labute approximate surface area is 132 Å². The van der Waals surface area contributed by atoms with Crippen molar-refractivity contribution in [2.75, 3.05) is 14.2 Å². The lowest BCUT2D eigenvalue weighted by molar-refractivity contribution is 0.303. The molecule has 21 heavy (non-hydrogen) atoms. The van der Waals surface area contributed by atoms with Gasteiger partial charge in [0.15, 0.2) is 11.5 Å². The Kier molecular flexibility index (Phi) is 5.07. The predicted octanol–water partition coefficient (Wildman–Crippen LogP) is 3.92. The van der Waals surface area contributed by atoms with Gasteiger partial charge in [0.05, 0.1) is 19.8 Å². The second-order valence-corrected chi connectivity index (χ2v) is 5.15. The molecule has 0 saturated heterocycles. The molecule has 0 aliphatic heterocycles. The van der Waals surface area contributed by atoms with Gasteiger partial charge in [-0.2, -0.15) is 5.26 Å². The van der Waals surface area contributed by atoms with E-state index in [-0.39, 0.29) is 0 Å². The van der Waals surface area contributed by atoms with Gasteiger partial charge < -0.3 is 14.2 Å². The summed E-state index contributed by atoms with van der Waals surface area (Å²) in [5.74, 6) is 1.87. The van der Waals surface area contributed by atoms with Crippen LogP contribution in [0.1, 0.15) is 11.1 Å². The lowest BCUT2D eigenvalue weighted by Gasteiger charge is -2.11. The van der Waals surface area contributed by atoms with Gasteiger partial charge in [-0.05, 0) is 35.9 Å². The van der Waals surface area contributed by atoms with Crippen LogP contribution in [0.4, 0.5) is 0 Å². The van der Waals surface area contributed by atoms with Crippen molar-refractivity contribution in [2.24, 2.45) is 0 Å². The average Bonchev–Trinajstić information content (AvgIpc) is 2.53. The van der Waals surface area contributed by atoms with Crippen molar-refractivity contribution in [1.82, 2.24) is 0 Å². The van der Waals surface area contributed by atoms with Crippen LogP contribution in [0, 0.1) is 11.3 Å². The number of halogens is 1. The van der Waals surface area contributed by atoms with E-state index >= 15 is 0 Å². The molecule has 0 fully saturated rings. The molecule has 4 nitrogen and oxygen atoms in total. The van der Waals surface area contributed by atoms with Crippen LogP contribution in [-0.4, -0.2) is 14.2 Å². The molecule has 2 aromatic carbocycles. The Morgan fingerprint density at radius 1 is 1.00 bits per heavy atom. The highest BCUT2D eigenvalue weighted by Gasteiger charge is 2.07. The lowest BCUT2D eigenvalue weighted by Crippen LogP contribution is -1.99. The van der Waals surface area contributed by atoms with E-state index in [4.69, 9.17) is 19.5 Å². The third-order valence-electron chi connectivity index (χ3n) is 2.90. The van der Waals surface area contributed by atoms with Gasteiger partial charge in [-0.25, -0.2) is 0 Å². The molecule has 0 spiro atoms. The highest BCUT2D eigenvalue weighted by Crippen LogP contribution is 2.29. The molecule has 0 unspecified atom stereocenters. The number of ether oxygens (including phenoxy) is 3. The summed E-state index contributed by atoms with van der Waals surface area (Å²) in [5, 5.41) is 9.10. The maximum Gasteiger partial charge on any atom is 0.161 e. The van der Waals surface area contributed by atoms with E-state index in [1.54, 1.807) is 26.4 Å². The molecule has 0 radical (unpaired) electrons. The first-order chi connectivity index (χ1) is 10.2. The predicted molar refractivity (Wildman–Crippen MR) is 82.7 cm³/mol. The van der Waals surface area contributed by atoms with Gasteiger partial charge in [0.2, 0.25) is 0 Å². The minimum absolute atomic E-state index is 0.344. The molecular formula is C16H14BrNO3. The Balaban J connectivity index is 2.15. The van der Waals surface area contributed by atoms with E-state index in [0.29, 0.717) is 29.4 Å². The maximum atomic E-state index is 9.10. The van der Waals surface area contributed by atoms with Crippen molar-refractivity contribution in [3.8, 4) is 23.3 Å². The Hall–Kier alpha value is -2.19. The smallest absolute Gasteiger partial charge is 0.161 e. The molecule has 0 aliphatic carbocycles. The van der Waals surface area contributed by atoms with Crippen LogP contribution in [-0.2, 0) is 6.61 Å². The standard InChI is InChI=1S/C16H14BrNO3/c1-19-15-5-3-11(7-16(15)20-2)10-21-14-6-4-13(17)8-12(14)9-18/h3-8H,10H2,1-2H3. The van der Waals surface area contributed by atoms with Gasteiger partial charge in [0.25, 0.3) is 0 Å². The zero-order chi connectivity index (χ0) is 15.2. The SMILES string of the molecule is COc1ccc(COc2ccc(Br)cc2C#N)cc1OC. The van der Waals surface area contributed by atoms with E-state index in [2.05, 4.69) is 22.0 Å². The second-order valence-electron chi connectivity index (χ2n) is 4.23. The van der Waals surface area contributed by atoms with Crippen LogP contribution < -0.4 is 14.2 Å². The van der Waals surface area contributed by atoms with Crippen LogP contribution in [0.15, 0.2) is 40.9 Å². The molecule has 2 aromatic rings. The maximum absolute atomic E-state index is 9.10. The zero-order valence-electron chi connectivity index (χ0n) is 11.7. The molecule has 0 saturated carbocycles. The average molecular weight is 348 g/mol. The van der Waals surface area contributed by atoms with Crippen LogP contribution >= 0.6 is 15.9 Å². The van der Waals surface area contributed by atoms with Gasteiger partial charge in [0.1, 0.15) is 18.4 Å². The summed E-state index contributed by atoms with van der Waals surface area (Å²) in [6.07, 6.45) is 0. The van der Waals surface area contributed by atoms with Crippen molar-refractivity contribution in [1.29, 1.82) is 5.26 Å². The highest BCUT2D eigenvalue weighted by atomic mass is 79.9. The largest absolute Gasteiger partial charge is 0.493 e. The number of hydrogen-bond acceptors (Lipinski definition) is 4. The summed E-state index contributed by atoms with van der Waals surface area (Å²) >= 11 is 3.33. The zero-order valence-corrected chi connectivity index (χ0v) is 13.3. The number of nitrogens with zero attached hydrogens (tertiary/aromatic N) is 1. The minimum Gasteiger partial charge on any atom is -0.493 e. The van der Waals surface area contributed by atoms with E-state index < -0.39 is 0 Å². The van der Waals surface area contributed by atoms with Gasteiger partial charge in [-0.1, -0.05) is 22.0 Å². The molecule has 0 atom stereocenters. The summed E-state index contributed by atoms with van der Waals surface area (Å²) in [6, 6.07) is 13.0. The molecule has 5 heteroatoms. The number of benzene rings is 2. The van der Waals surface area contributed by atoms with Gasteiger partial charge >= 0.3 is 0 Å². The van der Waals surface area contributed by atoms with E-state index in [1.807, 2.05) is 24.3 Å². The number of methoxy groups -OCH3 is 2. The van der Waals surface area contributed by atoms with Crippen molar-refractivity contribution in [3.63, 3.8) is 0 Å². The molecule has 108 valence electrons. The molecule has 0 N–H and O–H groups in total. The van der Waals surface area contributed by atoms with Gasteiger partial charge in [-0.15, -0.1) is 0 Å². The molecule has 2 rings (SSSR count). The van der Waals surface area contributed by atoms with Crippen LogP contribution in [0.3, 0.4) is 0 Å². The Morgan fingerprint density at radius 2 is 1.71 bits per heavy atom. The molecule has 0 amide bonds. The highest BCUT2D eigenvalue weighted by molar-refractivity contribution is 9.10. The molecule has 0 heterocycles. The Morgan fingerprint density at radius 3 is 2.38 bits per heavy atom. The number of rotatable bonds is 5. The summed E-state index contributed by atoms with van der Waals surface area (Å²) in [5.41, 5.74) is 1.42. The number of nitriles is 1. The number of hydrogen-bond donors (Lipinski definition) is 0. The second kappa shape index (κ2) is 7.00. The van der Waals surface area contributed by atoms with Gasteiger partial charge in [-0.3, -0.25) is 0 Å². The first kappa shape index (κ1) is 15.2. The van der Waals surface area contributed by atoms with Crippen molar-refractivity contribution in [3.05, 3.63) is 52.0 Å². The summed E-state index contributed by atoms with van der Waals surface area (Å²) in [7, 11) is 3.18. The monoisotopic (exact) mass is 347 g/mol. The third kappa shape index (κ3) is 3.67. The molecule has 0 aromatic heterocycles. The summed E-state index contributed by atoms with van der Waals surface area (Å²) < 4.78 is 17.0. The lowest BCUT2D eigenvalue weighted by atomic mass is 10.2. The van der Waals surface area contributed by atoms with E-state index in [9.17, 15) is 0 Å². The fourth-order valence-corrected chi connectivity index (χ4v) is 2.21. The third-order valence-corrected chi connectivity index (χ3v) is 3.40. The summed E-state index contributed by atoms with van der Waals surface area (Å²) in [6.45, 7) is 0.344. The minimum atomic E-state index is 0.344. The van der Waals surface area contributed by atoms with Crippen LogP contribution in [0.2, 0.25) is 0 Å². The molecule has 0 bridgehead atoms. The quantitative estimate of drug-likeness (QED) is 0.822. The van der Waals surface area contributed by atoms with Crippen molar-refractivity contribution in [2.45, 2.75) is 6.61 Å². The van der Waals surface area contributed by atoms with Gasteiger partial charge in [0, 0.05) is 4.47 Å². The fourth-order valence-electron chi connectivity index (χ4n) is 1.85. The Bertz CT molecular complexity index is 680. The van der Waals surface area contributed by atoms with Crippen LogP contribution in [0.25, 0.3) is 0 Å². The van der Waals surface area contributed by atoms with Crippen molar-refractivity contribution < 1.29 is 14.2 Å². The molecule has 0 aliphatic rings. The van der Waals surface area contributed by atoms with Crippen molar-refractivity contribution >= 4 is 15.9 Å².